The maximum absolute atomic E-state index is 11.2. The molecule has 0 aromatic heterocycles. The van der Waals surface area contributed by atoms with Crippen LogP contribution in [0.1, 0.15) is 32.1 Å². The van der Waals surface area contributed by atoms with Gasteiger partial charge in [-0.15, -0.1) is 0 Å². The molecule has 1 N–H and O–H groups in total. The number of nitrogens with one attached hydrogen (secondary N) is 1. The lowest BCUT2D eigenvalue weighted by Crippen LogP contribution is -2.35. The number of amides is 1. The van der Waals surface area contributed by atoms with Gasteiger partial charge in [0.2, 0.25) is 5.91 Å². The van der Waals surface area contributed by atoms with Crippen LogP contribution >= 0.6 is 0 Å². The monoisotopic (exact) mass is 286 g/mol. The molecule has 6 nitrogen and oxygen atoms in total. The second kappa shape index (κ2) is 9.72. The summed E-state index contributed by atoms with van der Waals surface area (Å²) in [6.07, 6.45) is 4.11. The molecule has 1 aliphatic rings. The molecule has 0 saturated carbocycles. The zero-order valence-electron chi connectivity index (χ0n) is 12.5. The second-order valence-corrected chi connectivity index (χ2v) is 5.04. The third-order valence-corrected chi connectivity index (χ3v) is 3.50. The van der Waals surface area contributed by atoms with Gasteiger partial charge in [-0.25, -0.2) is 0 Å². The van der Waals surface area contributed by atoms with Crippen molar-refractivity contribution in [3.63, 3.8) is 0 Å². The zero-order chi connectivity index (χ0) is 14.8. The summed E-state index contributed by atoms with van der Waals surface area (Å²) in [6.45, 7) is 3.10. The molecule has 1 fully saturated rings. The molecule has 1 heterocycles. The normalized spacial score (nSPS) is 18.2. The maximum Gasteiger partial charge on any atom is 0.306 e. The van der Waals surface area contributed by atoms with Crippen molar-refractivity contribution >= 4 is 11.9 Å². The highest BCUT2D eigenvalue weighted by molar-refractivity contribution is 5.75. The fraction of sp³-hybridized carbons (Fsp3) is 0.857. The number of nitrogens with zero attached hydrogens (tertiary/aromatic N) is 1. The van der Waals surface area contributed by atoms with Gasteiger partial charge in [0.25, 0.3) is 0 Å². The molecule has 116 valence electrons. The average Bonchev–Trinajstić information content (AvgIpc) is 2.96. The lowest BCUT2D eigenvalue weighted by molar-refractivity contribution is -0.141. The summed E-state index contributed by atoms with van der Waals surface area (Å²) in [5.41, 5.74) is 0. The van der Waals surface area contributed by atoms with Crippen LogP contribution in [0.5, 0.6) is 0 Å². The highest BCUT2D eigenvalue weighted by Crippen LogP contribution is 2.14. The SMILES string of the molecule is CNC(=O)CCCN(CCC(=O)OC)CC1CCCO1. The number of hydrogen-bond donors (Lipinski definition) is 1. The number of methoxy groups -OCH3 is 1. The molecule has 0 spiro atoms. The molecule has 1 unspecified atom stereocenters. The minimum atomic E-state index is -0.200. The van der Waals surface area contributed by atoms with Crippen molar-refractivity contribution in [2.45, 2.75) is 38.2 Å². The molecule has 20 heavy (non-hydrogen) atoms. The molecular weight excluding hydrogens is 260 g/mol. The molecular formula is C14H26N2O4. The predicted molar refractivity (Wildman–Crippen MR) is 75.3 cm³/mol. The summed E-state index contributed by atoms with van der Waals surface area (Å²) in [6, 6.07) is 0. The molecule has 0 aromatic rings. The second-order valence-electron chi connectivity index (χ2n) is 5.04. The molecule has 0 radical (unpaired) electrons. The van der Waals surface area contributed by atoms with Gasteiger partial charge >= 0.3 is 5.97 Å². The Morgan fingerprint density at radius 3 is 2.75 bits per heavy atom. The van der Waals surface area contributed by atoms with E-state index in [4.69, 9.17) is 4.74 Å². The fourth-order valence-electron chi connectivity index (χ4n) is 2.31. The van der Waals surface area contributed by atoms with Crippen molar-refractivity contribution in [2.75, 3.05) is 40.4 Å². The van der Waals surface area contributed by atoms with Gasteiger partial charge in [0.05, 0.1) is 19.6 Å². The summed E-state index contributed by atoms with van der Waals surface area (Å²) < 4.78 is 10.3. The van der Waals surface area contributed by atoms with Crippen molar-refractivity contribution in [3.05, 3.63) is 0 Å². The maximum atomic E-state index is 11.2. The number of rotatable bonds is 9. The van der Waals surface area contributed by atoms with Crippen LogP contribution in [0, 0.1) is 0 Å². The first kappa shape index (κ1) is 16.9. The van der Waals surface area contributed by atoms with Crippen LogP contribution in [0.15, 0.2) is 0 Å². The van der Waals surface area contributed by atoms with Crippen molar-refractivity contribution in [2.24, 2.45) is 0 Å². The van der Waals surface area contributed by atoms with Crippen LogP contribution in [-0.4, -0.2) is 63.3 Å². The first-order chi connectivity index (χ1) is 9.65. The number of ether oxygens (including phenoxy) is 2. The van der Waals surface area contributed by atoms with Crippen LogP contribution in [0.25, 0.3) is 0 Å². The molecule has 6 heteroatoms. The predicted octanol–water partition coefficient (Wildman–Crippen LogP) is 0.557. The van der Waals surface area contributed by atoms with Crippen LogP contribution in [0.4, 0.5) is 0 Å². The minimum Gasteiger partial charge on any atom is -0.469 e. The van der Waals surface area contributed by atoms with Gasteiger partial charge in [-0.05, 0) is 25.8 Å². The number of carbonyl (C=O) groups excluding carboxylic acids is 2. The third-order valence-electron chi connectivity index (χ3n) is 3.50. The van der Waals surface area contributed by atoms with Crippen LogP contribution < -0.4 is 5.32 Å². The van der Waals surface area contributed by atoms with E-state index in [0.717, 1.165) is 39.0 Å². The molecule has 1 amide bonds. The van der Waals surface area contributed by atoms with E-state index in [0.29, 0.717) is 19.4 Å². The van der Waals surface area contributed by atoms with Gasteiger partial charge in [0.15, 0.2) is 0 Å². The van der Waals surface area contributed by atoms with Crippen molar-refractivity contribution in [3.8, 4) is 0 Å². The Kier molecular flexibility index (Phi) is 8.22. The van der Waals surface area contributed by atoms with Gasteiger partial charge in [-0.1, -0.05) is 0 Å². The van der Waals surface area contributed by atoms with Gasteiger partial charge < -0.3 is 19.7 Å². The zero-order valence-corrected chi connectivity index (χ0v) is 12.5. The highest BCUT2D eigenvalue weighted by atomic mass is 16.5. The summed E-state index contributed by atoms with van der Waals surface area (Å²) >= 11 is 0. The van der Waals surface area contributed by atoms with Crippen molar-refractivity contribution in [1.29, 1.82) is 0 Å². The Morgan fingerprint density at radius 2 is 2.15 bits per heavy atom. The molecule has 0 aliphatic carbocycles. The summed E-state index contributed by atoms with van der Waals surface area (Å²) in [5, 5.41) is 2.61. The Labute approximate surface area is 120 Å². The average molecular weight is 286 g/mol. The van der Waals surface area contributed by atoms with Gasteiger partial charge in [-0.3, -0.25) is 9.59 Å². The van der Waals surface area contributed by atoms with E-state index in [-0.39, 0.29) is 18.0 Å². The van der Waals surface area contributed by atoms with E-state index in [9.17, 15) is 9.59 Å². The summed E-state index contributed by atoms with van der Waals surface area (Å²) in [5.74, 6) is -0.149. The lowest BCUT2D eigenvalue weighted by atomic mass is 10.2. The largest absolute Gasteiger partial charge is 0.469 e. The van der Waals surface area contributed by atoms with E-state index in [2.05, 4.69) is 15.0 Å². The summed E-state index contributed by atoms with van der Waals surface area (Å²) in [4.78, 5) is 24.6. The number of hydrogen-bond acceptors (Lipinski definition) is 5. The van der Waals surface area contributed by atoms with Gasteiger partial charge in [-0.2, -0.15) is 0 Å². The van der Waals surface area contributed by atoms with Gasteiger partial charge in [0.1, 0.15) is 0 Å². The van der Waals surface area contributed by atoms with Crippen molar-refractivity contribution in [1.82, 2.24) is 10.2 Å². The molecule has 1 saturated heterocycles. The highest BCUT2D eigenvalue weighted by Gasteiger charge is 2.19. The number of esters is 1. The van der Waals surface area contributed by atoms with Crippen LogP contribution in [0.3, 0.4) is 0 Å². The van der Waals surface area contributed by atoms with Crippen molar-refractivity contribution < 1.29 is 19.1 Å². The van der Waals surface area contributed by atoms with Crippen LogP contribution in [0.2, 0.25) is 0 Å². The molecule has 1 aliphatic heterocycles. The van der Waals surface area contributed by atoms with E-state index in [1.165, 1.54) is 7.11 Å². The topological polar surface area (TPSA) is 67.9 Å². The first-order valence-corrected chi connectivity index (χ1v) is 7.27. The molecule has 0 aromatic carbocycles. The molecule has 0 bridgehead atoms. The Bertz CT molecular complexity index is 304. The fourth-order valence-corrected chi connectivity index (χ4v) is 2.31. The standard InChI is InChI=1S/C14H26N2O4/c1-15-13(17)6-3-8-16(9-7-14(18)19-2)11-12-5-4-10-20-12/h12H,3-11H2,1-2H3,(H,15,17). The Balaban J connectivity index is 2.32. The van der Waals surface area contributed by atoms with Crippen LogP contribution in [-0.2, 0) is 19.1 Å². The Morgan fingerprint density at radius 1 is 1.35 bits per heavy atom. The van der Waals surface area contributed by atoms with Gasteiger partial charge in [0, 0.05) is 33.2 Å². The van der Waals surface area contributed by atoms with E-state index in [1.807, 2.05) is 0 Å². The number of carbonyl (C=O) groups is 2. The van der Waals surface area contributed by atoms with E-state index in [1.54, 1.807) is 7.05 Å². The molecule has 1 atom stereocenters. The smallest absolute Gasteiger partial charge is 0.306 e. The molecule has 1 rings (SSSR count). The Hall–Kier alpha value is -1.14. The van der Waals surface area contributed by atoms with E-state index < -0.39 is 0 Å². The first-order valence-electron chi connectivity index (χ1n) is 7.27. The van der Waals surface area contributed by atoms with E-state index >= 15 is 0 Å². The third kappa shape index (κ3) is 6.86. The lowest BCUT2D eigenvalue weighted by Gasteiger charge is -2.24. The minimum absolute atomic E-state index is 0.0510. The quantitative estimate of drug-likeness (QED) is 0.627. The summed E-state index contributed by atoms with van der Waals surface area (Å²) in [7, 11) is 3.04.